The second-order valence-electron chi connectivity index (χ2n) is 5.26. The minimum absolute atomic E-state index is 0.228. The lowest BCUT2D eigenvalue weighted by Crippen LogP contribution is -2.38. The van der Waals surface area contributed by atoms with Crippen LogP contribution in [0.2, 0.25) is 5.15 Å². The lowest BCUT2D eigenvalue weighted by Gasteiger charge is -2.33. The Hall–Kier alpha value is -2.25. The average molecular weight is 314 g/mol. The highest BCUT2D eigenvalue weighted by Crippen LogP contribution is 2.25. The molecule has 22 heavy (non-hydrogen) atoms. The van der Waals surface area contributed by atoms with Gasteiger partial charge in [0.1, 0.15) is 28.8 Å². The van der Waals surface area contributed by atoms with Gasteiger partial charge in [-0.2, -0.15) is 5.26 Å². The summed E-state index contributed by atoms with van der Waals surface area (Å²) < 4.78 is 5.99. The first kappa shape index (κ1) is 14.7. The van der Waals surface area contributed by atoms with E-state index in [2.05, 4.69) is 9.88 Å². The summed E-state index contributed by atoms with van der Waals surface area (Å²) in [6.45, 7) is 1.76. The Labute approximate surface area is 134 Å². The van der Waals surface area contributed by atoms with E-state index < -0.39 is 0 Å². The molecule has 0 radical (unpaired) electrons. The van der Waals surface area contributed by atoms with Crippen molar-refractivity contribution in [2.75, 3.05) is 18.0 Å². The van der Waals surface area contributed by atoms with Crippen molar-refractivity contribution in [2.45, 2.75) is 18.9 Å². The number of aromatic nitrogens is 1. The van der Waals surface area contributed by atoms with E-state index in [9.17, 15) is 0 Å². The summed E-state index contributed by atoms with van der Waals surface area (Å²) in [4.78, 5) is 6.19. The number of hydrogen-bond acceptors (Lipinski definition) is 4. The van der Waals surface area contributed by atoms with E-state index in [4.69, 9.17) is 21.6 Å². The number of hydrogen-bond donors (Lipinski definition) is 0. The first-order valence-corrected chi connectivity index (χ1v) is 7.67. The molecule has 4 nitrogen and oxygen atoms in total. The second-order valence-corrected chi connectivity index (χ2v) is 5.65. The molecule has 0 bridgehead atoms. The van der Waals surface area contributed by atoms with Crippen molar-refractivity contribution in [3.63, 3.8) is 0 Å². The molecule has 2 aromatic rings. The molecular formula is C17H16ClN3O. The molecule has 3 rings (SSSR count). The first-order valence-electron chi connectivity index (χ1n) is 7.29. The van der Waals surface area contributed by atoms with Crippen LogP contribution in [0.3, 0.4) is 0 Å². The summed E-state index contributed by atoms with van der Waals surface area (Å²) in [5.41, 5.74) is 1.31. The van der Waals surface area contributed by atoms with Crippen LogP contribution in [0.5, 0.6) is 5.75 Å². The van der Waals surface area contributed by atoms with Gasteiger partial charge in [0.25, 0.3) is 0 Å². The van der Waals surface area contributed by atoms with Gasteiger partial charge in [-0.3, -0.25) is 0 Å². The van der Waals surface area contributed by atoms with E-state index in [1.165, 1.54) is 0 Å². The third-order valence-electron chi connectivity index (χ3n) is 3.75. The molecule has 0 atom stereocenters. The molecule has 5 heteroatoms. The molecule has 1 saturated heterocycles. The highest BCUT2D eigenvalue weighted by molar-refractivity contribution is 6.29. The normalized spacial score (nSPS) is 15.4. The van der Waals surface area contributed by atoms with Crippen LogP contribution in [-0.2, 0) is 0 Å². The molecule has 112 valence electrons. The van der Waals surface area contributed by atoms with E-state index in [0.717, 1.165) is 37.4 Å². The van der Waals surface area contributed by atoms with Crippen molar-refractivity contribution in [2.24, 2.45) is 0 Å². The molecule has 1 fully saturated rings. The molecule has 1 aliphatic rings. The smallest absolute Gasteiger partial charge is 0.144 e. The summed E-state index contributed by atoms with van der Waals surface area (Å²) in [5, 5.41) is 9.34. The van der Waals surface area contributed by atoms with E-state index in [1.807, 2.05) is 36.4 Å². The molecule has 0 amide bonds. The predicted molar refractivity (Wildman–Crippen MR) is 86.3 cm³/mol. The fourth-order valence-electron chi connectivity index (χ4n) is 2.65. The average Bonchev–Trinajstić information content (AvgIpc) is 2.56. The standard InChI is InChI=1S/C17H16ClN3O/c18-17-11-14(10-13(12-19)20-17)21-8-6-16(7-9-21)22-15-4-2-1-3-5-15/h1-5,10-11,16H,6-9H2. The summed E-state index contributed by atoms with van der Waals surface area (Å²) in [7, 11) is 0. The molecule has 1 aliphatic heterocycles. The van der Waals surface area contributed by atoms with Crippen LogP contribution in [0.4, 0.5) is 5.69 Å². The van der Waals surface area contributed by atoms with Crippen LogP contribution in [-0.4, -0.2) is 24.2 Å². The summed E-state index contributed by atoms with van der Waals surface area (Å²) in [5.74, 6) is 0.916. The van der Waals surface area contributed by atoms with E-state index in [1.54, 1.807) is 12.1 Å². The molecule has 0 N–H and O–H groups in total. The number of para-hydroxylation sites is 1. The molecule has 0 spiro atoms. The minimum atomic E-state index is 0.228. The predicted octanol–water partition coefficient (Wildman–Crippen LogP) is 3.65. The van der Waals surface area contributed by atoms with Gasteiger partial charge in [0, 0.05) is 31.6 Å². The maximum absolute atomic E-state index is 8.98. The maximum Gasteiger partial charge on any atom is 0.144 e. The topological polar surface area (TPSA) is 49.2 Å². The van der Waals surface area contributed by atoms with Crippen LogP contribution in [0.25, 0.3) is 0 Å². The fourth-order valence-corrected chi connectivity index (χ4v) is 2.85. The highest BCUT2D eigenvalue weighted by Gasteiger charge is 2.21. The summed E-state index contributed by atoms with van der Waals surface area (Å²) >= 11 is 5.97. The second kappa shape index (κ2) is 6.67. The highest BCUT2D eigenvalue weighted by atomic mass is 35.5. The van der Waals surface area contributed by atoms with Crippen LogP contribution in [0, 0.1) is 11.3 Å². The molecule has 0 saturated carbocycles. The van der Waals surface area contributed by atoms with Crippen molar-refractivity contribution in [3.8, 4) is 11.8 Å². The molecule has 0 aliphatic carbocycles. The van der Waals surface area contributed by atoms with Crippen molar-refractivity contribution >= 4 is 17.3 Å². The van der Waals surface area contributed by atoms with Gasteiger partial charge >= 0.3 is 0 Å². The number of halogens is 1. The maximum atomic E-state index is 8.98. The van der Waals surface area contributed by atoms with Gasteiger partial charge in [-0.05, 0) is 24.3 Å². The van der Waals surface area contributed by atoms with Crippen LogP contribution in [0.1, 0.15) is 18.5 Å². The Morgan fingerprint density at radius 2 is 1.91 bits per heavy atom. The number of nitriles is 1. The van der Waals surface area contributed by atoms with Crippen molar-refractivity contribution in [1.82, 2.24) is 4.98 Å². The lowest BCUT2D eigenvalue weighted by molar-refractivity contribution is 0.171. The number of piperidine rings is 1. The Balaban J connectivity index is 1.62. The molecule has 2 heterocycles. The fraction of sp³-hybridized carbons (Fsp3) is 0.294. The number of nitrogens with zero attached hydrogens (tertiary/aromatic N) is 3. The Kier molecular flexibility index (Phi) is 4.45. The molecule has 1 aromatic heterocycles. The van der Waals surface area contributed by atoms with Crippen molar-refractivity contribution in [3.05, 3.63) is 53.3 Å². The summed E-state index contributed by atoms with van der Waals surface area (Å²) in [6, 6.07) is 15.5. The zero-order valence-corrected chi connectivity index (χ0v) is 12.8. The van der Waals surface area contributed by atoms with Gasteiger partial charge in [0.05, 0.1) is 0 Å². The number of anilines is 1. The Morgan fingerprint density at radius 3 is 2.59 bits per heavy atom. The Bertz CT molecular complexity index is 676. The Morgan fingerprint density at radius 1 is 1.18 bits per heavy atom. The quantitative estimate of drug-likeness (QED) is 0.811. The van der Waals surface area contributed by atoms with E-state index >= 15 is 0 Å². The minimum Gasteiger partial charge on any atom is -0.490 e. The van der Waals surface area contributed by atoms with Crippen LogP contribution in [0.15, 0.2) is 42.5 Å². The van der Waals surface area contributed by atoms with Gasteiger partial charge in [-0.15, -0.1) is 0 Å². The number of rotatable bonds is 3. The molecule has 0 unspecified atom stereocenters. The summed E-state index contributed by atoms with van der Waals surface area (Å²) in [6.07, 6.45) is 2.11. The molecule has 1 aromatic carbocycles. The van der Waals surface area contributed by atoms with Crippen molar-refractivity contribution in [1.29, 1.82) is 5.26 Å². The van der Waals surface area contributed by atoms with Crippen LogP contribution >= 0.6 is 11.6 Å². The van der Waals surface area contributed by atoms with Gasteiger partial charge in [-0.25, -0.2) is 4.98 Å². The number of ether oxygens (including phenoxy) is 1. The lowest BCUT2D eigenvalue weighted by atomic mass is 10.1. The van der Waals surface area contributed by atoms with Gasteiger partial charge in [0.2, 0.25) is 0 Å². The number of benzene rings is 1. The van der Waals surface area contributed by atoms with E-state index in [-0.39, 0.29) is 6.10 Å². The van der Waals surface area contributed by atoms with Crippen LogP contribution < -0.4 is 9.64 Å². The third kappa shape index (κ3) is 3.49. The van der Waals surface area contributed by atoms with E-state index in [0.29, 0.717) is 10.8 Å². The monoisotopic (exact) mass is 313 g/mol. The zero-order chi connectivity index (χ0) is 15.4. The van der Waals surface area contributed by atoms with Gasteiger partial charge < -0.3 is 9.64 Å². The first-order chi connectivity index (χ1) is 10.7. The number of pyridine rings is 1. The molecular weight excluding hydrogens is 298 g/mol. The van der Waals surface area contributed by atoms with Gasteiger partial charge in [0.15, 0.2) is 0 Å². The van der Waals surface area contributed by atoms with Crippen molar-refractivity contribution < 1.29 is 4.74 Å². The van der Waals surface area contributed by atoms with Gasteiger partial charge in [-0.1, -0.05) is 29.8 Å². The third-order valence-corrected chi connectivity index (χ3v) is 3.94. The SMILES string of the molecule is N#Cc1cc(N2CCC(Oc3ccccc3)CC2)cc(Cl)n1. The largest absolute Gasteiger partial charge is 0.490 e. The zero-order valence-electron chi connectivity index (χ0n) is 12.1.